The van der Waals surface area contributed by atoms with E-state index in [1.165, 1.54) is 0 Å². The summed E-state index contributed by atoms with van der Waals surface area (Å²) in [7, 11) is 3.96. The molecule has 1 aromatic heterocycles. The third-order valence-electron chi connectivity index (χ3n) is 3.75. The predicted molar refractivity (Wildman–Crippen MR) is 77.3 cm³/mol. The minimum Gasteiger partial charge on any atom is -0.323 e. The Morgan fingerprint density at radius 3 is 2.55 bits per heavy atom. The standard InChI is InChI=1S/C14H19N5O/c1-17-7-9-19(10-8-17)16-14(20)13-15-11-5-3-4-6-12(11)18(13)2/h3-6H,7-10H2,1-2H3,(H,16,20). The Labute approximate surface area is 118 Å². The van der Waals surface area contributed by atoms with Crippen LogP contribution in [0.1, 0.15) is 10.6 Å². The number of aryl methyl sites for hydroxylation is 1. The number of imidazole rings is 1. The van der Waals surface area contributed by atoms with E-state index in [4.69, 9.17) is 0 Å². The molecule has 2 aromatic rings. The lowest BCUT2D eigenvalue weighted by molar-refractivity contribution is 0.0650. The summed E-state index contributed by atoms with van der Waals surface area (Å²) >= 11 is 0. The molecule has 0 saturated carbocycles. The first-order valence-corrected chi connectivity index (χ1v) is 6.81. The van der Waals surface area contributed by atoms with Gasteiger partial charge in [0.1, 0.15) is 0 Å². The summed E-state index contributed by atoms with van der Waals surface area (Å²) in [4.78, 5) is 19.0. The number of piperazine rings is 1. The first-order chi connectivity index (χ1) is 9.65. The van der Waals surface area contributed by atoms with Gasteiger partial charge < -0.3 is 9.47 Å². The van der Waals surface area contributed by atoms with Crippen LogP contribution in [0.2, 0.25) is 0 Å². The molecule has 0 aliphatic carbocycles. The summed E-state index contributed by atoms with van der Waals surface area (Å²) in [6.45, 7) is 3.60. The van der Waals surface area contributed by atoms with Gasteiger partial charge in [0.05, 0.1) is 11.0 Å². The Morgan fingerprint density at radius 2 is 1.85 bits per heavy atom. The molecule has 0 unspecified atom stereocenters. The van der Waals surface area contributed by atoms with E-state index >= 15 is 0 Å². The second-order valence-electron chi connectivity index (χ2n) is 5.21. The number of carbonyl (C=O) groups excluding carboxylic acids is 1. The van der Waals surface area contributed by atoms with Gasteiger partial charge >= 0.3 is 5.91 Å². The number of likely N-dealkylation sites (N-methyl/N-ethyl adjacent to an activating group) is 1. The van der Waals surface area contributed by atoms with E-state index in [0.717, 1.165) is 37.2 Å². The molecule has 0 spiro atoms. The van der Waals surface area contributed by atoms with Crippen LogP contribution >= 0.6 is 0 Å². The van der Waals surface area contributed by atoms with Gasteiger partial charge in [0, 0.05) is 33.2 Å². The van der Waals surface area contributed by atoms with Crippen LogP contribution in [0.5, 0.6) is 0 Å². The predicted octanol–water partition coefficient (Wildman–Crippen LogP) is 0.465. The normalized spacial score (nSPS) is 17.5. The number of aromatic nitrogens is 2. The number of nitrogens with one attached hydrogen (secondary N) is 1. The van der Waals surface area contributed by atoms with E-state index in [1.807, 2.05) is 40.9 Å². The third-order valence-corrected chi connectivity index (χ3v) is 3.75. The quantitative estimate of drug-likeness (QED) is 0.864. The van der Waals surface area contributed by atoms with Gasteiger partial charge in [0.2, 0.25) is 5.82 Å². The number of hydrogen-bond donors (Lipinski definition) is 1. The van der Waals surface area contributed by atoms with Crippen molar-refractivity contribution in [3.05, 3.63) is 30.1 Å². The molecule has 0 bridgehead atoms. The largest absolute Gasteiger partial charge is 0.323 e. The topological polar surface area (TPSA) is 53.4 Å². The van der Waals surface area contributed by atoms with Gasteiger partial charge in [-0.2, -0.15) is 0 Å². The number of carbonyl (C=O) groups is 1. The van der Waals surface area contributed by atoms with Gasteiger partial charge in [-0.3, -0.25) is 10.2 Å². The van der Waals surface area contributed by atoms with Crippen molar-refractivity contribution < 1.29 is 4.79 Å². The highest BCUT2D eigenvalue weighted by molar-refractivity contribution is 5.94. The second kappa shape index (κ2) is 5.22. The summed E-state index contributed by atoms with van der Waals surface area (Å²) in [5.41, 5.74) is 4.76. The number of nitrogens with zero attached hydrogens (tertiary/aromatic N) is 4. The average Bonchev–Trinajstić information content (AvgIpc) is 2.79. The molecule has 0 atom stereocenters. The van der Waals surface area contributed by atoms with E-state index in [9.17, 15) is 4.79 Å². The van der Waals surface area contributed by atoms with E-state index in [1.54, 1.807) is 0 Å². The van der Waals surface area contributed by atoms with Crippen molar-refractivity contribution in [2.75, 3.05) is 33.2 Å². The molecule has 1 aliphatic heterocycles. The summed E-state index contributed by atoms with van der Waals surface area (Å²) in [5, 5.41) is 1.96. The lowest BCUT2D eigenvalue weighted by Gasteiger charge is -2.32. The number of amides is 1. The Kier molecular flexibility index (Phi) is 3.42. The van der Waals surface area contributed by atoms with Gasteiger partial charge in [0.25, 0.3) is 0 Å². The first-order valence-electron chi connectivity index (χ1n) is 6.81. The Balaban J connectivity index is 1.77. The molecule has 6 nitrogen and oxygen atoms in total. The number of benzene rings is 1. The molecule has 1 aliphatic rings. The van der Waals surface area contributed by atoms with Gasteiger partial charge in [0.15, 0.2) is 0 Å². The van der Waals surface area contributed by atoms with Crippen molar-refractivity contribution in [2.24, 2.45) is 7.05 Å². The van der Waals surface area contributed by atoms with Gasteiger partial charge in [-0.05, 0) is 19.2 Å². The monoisotopic (exact) mass is 273 g/mol. The number of fused-ring (bicyclic) bond motifs is 1. The molecule has 0 radical (unpaired) electrons. The van der Waals surface area contributed by atoms with Crippen LogP contribution in [-0.4, -0.2) is 58.6 Å². The lowest BCUT2D eigenvalue weighted by Crippen LogP contribution is -2.52. The molecule has 1 saturated heterocycles. The fraction of sp³-hybridized carbons (Fsp3) is 0.429. The van der Waals surface area contributed by atoms with Gasteiger partial charge in [-0.25, -0.2) is 9.99 Å². The highest BCUT2D eigenvalue weighted by Gasteiger charge is 2.20. The molecule has 3 rings (SSSR count). The van der Waals surface area contributed by atoms with Crippen LogP contribution in [0.3, 0.4) is 0 Å². The molecule has 1 fully saturated rings. The molecule has 20 heavy (non-hydrogen) atoms. The van der Waals surface area contributed by atoms with E-state index < -0.39 is 0 Å². The van der Waals surface area contributed by atoms with Crippen LogP contribution in [0.15, 0.2) is 24.3 Å². The molecular weight excluding hydrogens is 254 g/mol. The number of hydrazine groups is 1. The zero-order valence-corrected chi connectivity index (χ0v) is 11.8. The van der Waals surface area contributed by atoms with Crippen molar-refractivity contribution in [3.8, 4) is 0 Å². The maximum atomic E-state index is 12.3. The number of rotatable bonds is 2. The van der Waals surface area contributed by atoms with Crippen molar-refractivity contribution in [2.45, 2.75) is 0 Å². The Morgan fingerprint density at radius 1 is 1.15 bits per heavy atom. The maximum Gasteiger partial charge on any atom is 0.301 e. The van der Waals surface area contributed by atoms with Crippen molar-refractivity contribution in [3.63, 3.8) is 0 Å². The second-order valence-corrected chi connectivity index (χ2v) is 5.21. The highest BCUT2D eigenvalue weighted by Crippen LogP contribution is 2.14. The summed E-state index contributed by atoms with van der Waals surface area (Å²) in [6.07, 6.45) is 0. The number of para-hydroxylation sites is 2. The number of hydrogen-bond acceptors (Lipinski definition) is 4. The van der Waals surface area contributed by atoms with Gasteiger partial charge in [-0.1, -0.05) is 12.1 Å². The molecular formula is C14H19N5O. The van der Waals surface area contributed by atoms with Crippen LogP contribution < -0.4 is 5.43 Å². The van der Waals surface area contributed by atoms with E-state index in [0.29, 0.717) is 5.82 Å². The Bertz CT molecular complexity index is 628. The zero-order chi connectivity index (χ0) is 14.1. The minimum absolute atomic E-state index is 0.145. The first kappa shape index (κ1) is 13.1. The summed E-state index contributed by atoms with van der Waals surface area (Å²) < 4.78 is 1.83. The van der Waals surface area contributed by atoms with Crippen LogP contribution in [0, 0.1) is 0 Å². The Hall–Kier alpha value is -1.92. The van der Waals surface area contributed by atoms with Crippen molar-refractivity contribution in [1.29, 1.82) is 0 Å². The molecule has 106 valence electrons. The van der Waals surface area contributed by atoms with Crippen LogP contribution in [0.25, 0.3) is 11.0 Å². The third kappa shape index (κ3) is 2.39. The van der Waals surface area contributed by atoms with Gasteiger partial charge in [-0.15, -0.1) is 0 Å². The maximum absolute atomic E-state index is 12.3. The molecule has 2 heterocycles. The smallest absolute Gasteiger partial charge is 0.301 e. The fourth-order valence-corrected chi connectivity index (χ4v) is 2.46. The minimum atomic E-state index is -0.145. The summed E-state index contributed by atoms with van der Waals surface area (Å²) in [5.74, 6) is 0.304. The lowest BCUT2D eigenvalue weighted by atomic mass is 10.3. The van der Waals surface area contributed by atoms with E-state index in [-0.39, 0.29) is 5.91 Å². The van der Waals surface area contributed by atoms with Crippen LogP contribution in [0.4, 0.5) is 0 Å². The highest BCUT2D eigenvalue weighted by atomic mass is 16.2. The van der Waals surface area contributed by atoms with E-state index in [2.05, 4.69) is 22.4 Å². The fourth-order valence-electron chi connectivity index (χ4n) is 2.46. The molecule has 1 N–H and O–H groups in total. The average molecular weight is 273 g/mol. The molecule has 1 amide bonds. The summed E-state index contributed by atoms with van der Waals surface area (Å²) in [6, 6.07) is 7.76. The van der Waals surface area contributed by atoms with Crippen molar-refractivity contribution in [1.82, 2.24) is 24.9 Å². The zero-order valence-electron chi connectivity index (χ0n) is 11.8. The van der Waals surface area contributed by atoms with Crippen LogP contribution in [-0.2, 0) is 7.05 Å². The van der Waals surface area contributed by atoms with Crippen molar-refractivity contribution >= 4 is 16.9 Å². The molecule has 1 aromatic carbocycles. The molecule has 6 heteroatoms. The SMILES string of the molecule is CN1CCN(NC(=O)c2nc3ccccc3n2C)CC1.